The van der Waals surface area contributed by atoms with Gasteiger partial charge in [-0.15, -0.1) is 0 Å². The van der Waals surface area contributed by atoms with Crippen molar-refractivity contribution in [2.75, 3.05) is 16.8 Å². The van der Waals surface area contributed by atoms with Gasteiger partial charge < -0.3 is 10.2 Å². The number of anilines is 2. The van der Waals surface area contributed by atoms with Crippen LogP contribution in [0.2, 0.25) is 0 Å². The predicted molar refractivity (Wildman–Crippen MR) is 103 cm³/mol. The van der Waals surface area contributed by atoms with Gasteiger partial charge in [-0.3, -0.25) is 4.79 Å². The first-order valence-corrected chi connectivity index (χ1v) is 9.24. The summed E-state index contributed by atoms with van der Waals surface area (Å²) in [5.41, 5.74) is 3.37. The molecule has 4 heteroatoms. The van der Waals surface area contributed by atoms with Crippen molar-refractivity contribution in [1.82, 2.24) is 4.98 Å². The van der Waals surface area contributed by atoms with Gasteiger partial charge in [-0.25, -0.2) is 4.98 Å². The zero-order valence-corrected chi connectivity index (χ0v) is 15.2. The summed E-state index contributed by atoms with van der Waals surface area (Å²) >= 11 is 0. The molecule has 1 aliphatic heterocycles. The fourth-order valence-electron chi connectivity index (χ4n) is 3.47. The first kappa shape index (κ1) is 17.5. The van der Waals surface area contributed by atoms with Crippen LogP contribution in [0.3, 0.4) is 0 Å². The van der Waals surface area contributed by atoms with Crippen molar-refractivity contribution >= 4 is 17.4 Å². The minimum absolute atomic E-state index is 0.0338. The van der Waals surface area contributed by atoms with E-state index in [0.29, 0.717) is 18.3 Å². The number of nitrogens with zero attached hydrogens (tertiary/aromatic N) is 2. The van der Waals surface area contributed by atoms with E-state index in [1.54, 1.807) is 0 Å². The lowest BCUT2D eigenvalue weighted by atomic mass is 9.99. The Morgan fingerprint density at radius 3 is 2.68 bits per heavy atom. The number of hydrogen-bond acceptors (Lipinski definition) is 3. The number of rotatable bonds is 5. The number of benzene rings is 1. The lowest BCUT2D eigenvalue weighted by Crippen LogP contribution is -2.39. The summed E-state index contributed by atoms with van der Waals surface area (Å²) in [7, 11) is 0. The molecule has 3 rings (SSSR count). The summed E-state index contributed by atoms with van der Waals surface area (Å²) in [6, 6.07) is 12.6. The molecular weight excluding hydrogens is 310 g/mol. The molecule has 2 heterocycles. The number of carbonyl (C=O) groups is 1. The monoisotopic (exact) mass is 337 g/mol. The van der Waals surface area contributed by atoms with Crippen LogP contribution < -0.4 is 10.2 Å². The maximum Gasteiger partial charge on any atom is 0.229 e. The molecule has 0 saturated carbocycles. The van der Waals surface area contributed by atoms with Crippen molar-refractivity contribution in [2.45, 2.75) is 52.0 Å². The number of amides is 1. The fraction of sp³-hybridized carbons (Fsp3) is 0.429. The Bertz CT molecular complexity index is 694. The fourth-order valence-corrected chi connectivity index (χ4v) is 3.47. The van der Waals surface area contributed by atoms with Gasteiger partial charge in [-0.05, 0) is 50.3 Å². The highest BCUT2D eigenvalue weighted by atomic mass is 16.1. The highest BCUT2D eigenvalue weighted by molar-refractivity contribution is 5.91. The van der Waals surface area contributed by atoms with Crippen LogP contribution >= 0.6 is 0 Å². The molecule has 4 nitrogen and oxygen atoms in total. The van der Waals surface area contributed by atoms with E-state index in [0.717, 1.165) is 24.2 Å². The highest BCUT2D eigenvalue weighted by Gasteiger charge is 2.21. The molecule has 1 saturated heterocycles. The molecular formula is C21H27N3O. The SMILES string of the molecule is CCC1CCCCN1c1ccc(NC(=O)Cc2ccc(C)cc2)nc1. The van der Waals surface area contributed by atoms with Gasteiger partial charge in [-0.1, -0.05) is 36.8 Å². The number of piperidine rings is 1. The Morgan fingerprint density at radius 1 is 1.20 bits per heavy atom. The van der Waals surface area contributed by atoms with Crippen LogP contribution in [0.5, 0.6) is 0 Å². The Hall–Kier alpha value is -2.36. The zero-order chi connectivity index (χ0) is 17.6. The molecule has 2 aromatic rings. The molecule has 1 aromatic heterocycles. The normalized spacial score (nSPS) is 17.4. The van der Waals surface area contributed by atoms with Gasteiger partial charge in [0, 0.05) is 12.6 Å². The summed E-state index contributed by atoms with van der Waals surface area (Å²) in [6.45, 7) is 5.39. The third-order valence-corrected chi connectivity index (χ3v) is 4.93. The number of aryl methyl sites for hydroxylation is 1. The smallest absolute Gasteiger partial charge is 0.229 e. The molecule has 1 amide bonds. The molecule has 1 aliphatic rings. The summed E-state index contributed by atoms with van der Waals surface area (Å²) in [4.78, 5) is 19.1. The molecule has 1 fully saturated rings. The largest absolute Gasteiger partial charge is 0.367 e. The van der Waals surface area contributed by atoms with Gasteiger partial charge in [0.25, 0.3) is 0 Å². The van der Waals surface area contributed by atoms with Crippen molar-refractivity contribution in [2.24, 2.45) is 0 Å². The van der Waals surface area contributed by atoms with E-state index in [1.165, 1.54) is 24.8 Å². The van der Waals surface area contributed by atoms with Gasteiger partial charge in [0.15, 0.2) is 0 Å². The first-order chi connectivity index (χ1) is 12.2. The summed E-state index contributed by atoms with van der Waals surface area (Å²) < 4.78 is 0. The molecule has 0 spiro atoms. The van der Waals surface area contributed by atoms with E-state index >= 15 is 0 Å². The third-order valence-electron chi connectivity index (χ3n) is 4.93. The van der Waals surface area contributed by atoms with Gasteiger partial charge in [0.2, 0.25) is 5.91 Å². The van der Waals surface area contributed by atoms with Crippen molar-refractivity contribution in [3.63, 3.8) is 0 Å². The summed E-state index contributed by atoms with van der Waals surface area (Å²) in [5, 5.41) is 2.89. The van der Waals surface area contributed by atoms with E-state index < -0.39 is 0 Å². The Labute approximate surface area is 150 Å². The third kappa shape index (κ3) is 4.59. The van der Waals surface area contributed by atoms with Gasteiger partial charge in [-0.2, -0.15) is 0 Å². The number of hydrogen-bond donors (Lipinski definition) is 1. The minimum Gasteiger partial charge on any atom is -0.367 e. The molecule has 0 aliphatic carbocycles. The number of nitrogens with one attached hydrogen (secondary N) is 1. The predicted octanol–water partition coefficient (Wildman–Crippen LogP) is 4.34. The zero-order valence-electron chi connectivity index (χ0n) is 15.2. The van der Waals surface area contributed by atoms with Crippen molar-refractivity contribution in [3.8, 4) is 0 Å². The Morgan fingerprint density at radius 2 is 2.00 bits per heavy atom. The van der Waals surface area contributed by atoms with Crippen LogP contribution in [-0.2, 0) is 11.2 Å². The second kappa shape index (κ2) is 8.15. The molecule has 0 bridgehead atoms. The molecule has 1 unspecified atom stereocenters. The second-order valence-electron chi connectivity index (χ2n) is 6.86. The second-order valence-corrected chi connectivity index (χ2v) is 6.86. The van der Waals surface area contributed by atoms with Crippen LogP contribution in [-0.4, -0.2) is 23.5 Å². The van der Waals surface area contributed by atoms with Crippen LogP contribution in [0.4, 0.5) is 11.5 Å². The van der Waals surface area contributed by atoms with Crippen LogP contribution in [0.1, 0.15) is 43.7 Å². The van der Waals surface area contributed by atoms with Crippen molar-refractivity contribution in [3.05, 3.63) is 53.7 Å². The molecule has 25 heavy (non-hydrogen) atoms. The van der Waals surface area contributed by atoms with Gasteiger partial charge in [0.1, 0.15) is 5.82 Å². The van der Waals surface area contributed by atoms with E-state index in [9.17, 15) is 4.79 Å². The van der Waals surface area contributed by atoms with Crippen molar-refractivity contribution in [1.29, 1.82) is 0 Å². The first-order valence-electron chi connectivity index (χ1n) is 9.24. The van der Waals surface area contributed by atoms with Crippen molar-refractivity contribution < 1.29 is 4.79 Å². The standard InChI is InChI=1S/C21H27N3O/c1-3-18-6-4-5-13-24(18)19-11-12-20(22-15-19)23-21(25)14-17-9-7-16(2)8-10-17/h7-12,15,18H,3-6,13-14H2,1-2H3,(H,22,23,25). The van der Waals surface area contributed by atoms with Gasteiger partial charge in [0.05, 0.1) is 18.3 Å². The maximum atomic E-state index is 12.2. The van der Waals surface area contributed by atoms with Crippen LogP contribution in [0, 0.1) is 6.92 Å². The van der Waals surface area contributed by atoms with E-state index in [2.05, 4.69) is 28.2 Å². The number of pyridine rings is 1. The molecule has 0 radical (unpaired) electrons. The number of aromatic nitrogens is 1. The Kier molecular flexibility index (Phi) is 5.69. The molecule has 1 N–H and O–H groups in total. The van der Waals surface area contributed by atoms with E-state index in [4.69, 9.17) is 0 Å². The van der Waals surface area contributed by atoms with Crippen LogP contribution in [0.25, 0.3) is 0 Å². The Balaban J connectivity index is 1.60. The average molecular weight is 337 g/mol. The van der Waals surface area contributed by atoms with E-state index in [-0.39, 0.29) is 5.91 Å². The summed E-state index contributed by atoms with van der Waals surface area (Å²) in [5.74, 6) is 0.583. The quantitative estimate of drug-likeness (QED) is 0.883. The lowest BCUT2D eigenvalue weighted by molar-refractivity contribution is -0.115. The molecule has 1 atom stereocenters. The highest BCUT2D eigenvalue weighted by Crippen LogP contribution is 2.26. The van der Waals surface area contributed by atoms with E-state index in [1.807, 2.05) is 43.5 Å². The molecule has 1 aromatic carbocycles. The minimum atomic E-state index is -0.0338. The van der Waals surface area contributed by atoms with Gasteiger partial charge >= 0.3 is 0 Å². The maximum absolute atomic E-state index is 12.2. The lowest BCUT2D eigenvalue weighted by Gasteiger charge is -2.37. The topological polar surface area (TPSA) is 45.2 Å². The number of carbonyl (C=O) groups excluding carboxylic acids is 1. The average Bonchev–Trinajstić information content (AvgIpc) is 2.64. The summed E-state index contributed by atoms with van der Waals surface area (Å²) in [6.07, 6.45) is 7.23. The molecule has 132 valence electrons. The van der Waals surface area contributed by atoms with Crippen LogP contribution in [0.15, 0.2) is 42.6 Å².